The predicted octanol–water partition coefficient (Wildman–Crippen LogP) is 2.85. The Labute approximate surface area is 167 Å². The second-order valence-electron chi connectivity index (χ2n) is 7.04. The van der Waals surface area contributed by atoms with Gasteiger partial charge in [0, 0.05) is 31.4 Å². The lowest BCUT2D eigenvalue weighted by Gasteiger charge is -2.35. The number of benzene rings is 2. The highest BCUT2D eigenvalue weighted by Crippen LogP contribution is 2.25. The van der Waals surface area contributed by atoms with E-state index in [4.69, 9.17) is 10.2 Å². The molecule has 148 valence electrons. The molecule has 1 aliphatic heterocycles. The third kappa shape index (κ3) is 4.03. The van der Waals surface area contributed by atoms with E-state index in [1.165, 1.54) is 17.0 Å². The molecular formula is C22H20FN3O3. The highest BCUT2D eigenvalue weighted by molar-refractivity contribution is 5.87. The first kappa shape index (κ1) is 18.9. The molecule has 0 unspecified atom stereocenters. The molecule has 4 rings (SSSR count). The lowest BCUT2D eigenvalue weighted by Crippen LogP contribution is -2.51. The van der Waals surface area contributed by atoms with Gasteiger partial charge in [-0.3, -0.25) is 9.59 Å². The van der Waals surface area contributed by atoms with Gasteiger partial charge in [-0.1, -0.05) is 24.3 Å². The summed E-state index contributed by atoms with van der Waals surface area (Å²) in [5, 5.41) is 0. The van der Waals surface area contributed by atoms with Crippen molar-refractivity contribution in [1.29, 1.82) is 0 Å². The number of rotatable bonds is 5. The summed E-state index contributed by atoms with van der Waals surface area (Å²) in [5.74, 6) is -0.0984. The number of aromatic nitrogens is 1. The molecule has 7 heteroatoms. The van der Waals surface area contributed by atoms with Crippen molar-refractivity contribution in [2.75, 3.05) is 0 Å². The van der Waals surface area contributed by atoms with E-state index in [1.54, 1.807) is 18.3 Å². The molecule has 0 bridgehead atoms. The summed E-state index contributed by atoms with van der Waals surface area (Å²) in [4.78, 5) is 30.5. The second kappa shape index (κ2) is 7.87. The number of nitrogens with zero attached hydrogens (tertiary/aromatic N) is 2. The van der Waals surface area contributed by atoms with E-state index in [0.29, 0.717) is 36.6 Å². The normalized spacial score (nSPS) is 15.8. The number of nitrogens with two attached hydrogens (primary N) is 1. The van der Waals surface area contributed by atoms with E-state index in [-0.39, 0.29) is 18.1 Å². The van der Waals surface area contributed by atoms with E-state index in [2.05, 4.69) is 4.98 Å². The van der Waals surface area contributed by atoms with E-state index in [0.717, 1.165) is 11.1 Å². The van der Waals surface area contributed by atoms with Gasteiger partial charge >= 0.3 is 0 Å². The van der Waals surface area contributed by atoms with Crippen molar-refractivity contribution in [1.82, 2.24) is 9.88 Å². The zero-order valence-electron chi connectivity index (χ0n) is 15.7. The van der Waals surface area contributed by atoms with Gasteiger partial charge in [-0.2, -0.15) is 0 Å². The monoisotopic (exact) mass is 393 g/mol. The average molecular weight is 393 g/mol. The summed E-state index contributed by atoms with van der Waals surface area (Å²) < 4.78 is 18.7. The summed E-state index contributed by atoms with van der Waals surface area (Å²) in [5.41, 5.74) is 8.31. The fraction of sp³-hybridized carbons (Fsp3) is 0.227. The molecule has 1 aliphatic rings. The number of hydrogen-bond donors (Lipinski definition) is 1. The lowest BCUT2D eigenvalue weighted by atomic mass is 9.93. The van der Waals surface area contributed by atoms with Gasteiger partial charge in [0.25, 0.3) is 0 Å². The van der Waals surface area contributed by atoms with Crippen molar-refractivity contribution in [3.8, 4) is 11.3 Å². The highest BCUT2D eigenvalue weighted by atomic mass is 19.1. The van der Waals surface area contributed by atoms with Crippen LogP contribution >= 0.6 is 0 Å². The van der Waals surface area contributed by atoms with Gasteiger partial charge in [0.05, 0.1) is 6.20 Å². The Morgan fingerprint density at radius 1 is 1.14 bits per heavy atom. The van der Waals surface area contributed by atoms with Crippen molar-refractivity contribution < 1.29 is 18.4 Å². The minimum atomic E-state index is -0.656. The number of halogens is 1. The predicted molar refractivity (Wildman–Crippen MR) is 104 cm³/mol. The Kier molecular flexibility index (Phi) is 5.12. The molecule has 0 saturated carbocycles. The molecule has 0 radical (unpaired) electrons. The number of carbonyl (C=O) groups excluding carboxylic acids is 2. The number of fused-ring (bicyclic) bond motifs is 1. The summed E-state index contributed by atoms with van der Waals surface area (Å²) >= 11 is 0. The number of primary amides is 1. The van der Waals surface area contributed by atoms with Crippen molar-refractivity contribution in [2.45, 2.75) is 31.8 Å². The van der Waals surface area contributed by atoms with Crippen molar-refractivity contribution in [3.05, 3.63) is 77.6 Å². The quantitative estimate of drug-likeness (QED) is 0.722. The van der Waals surface area contributed by atoms with Crippen LogP contribution in [0.3, 0.4) is 0 Å². The second-order valence-corrected chi connectivity index (χ2v) is 7.04. The molecule has 29 heavy (non-hydrogen) atoms. The van der Waals surface area contributed by atoms with Crippen LogP contribution in [0.1, 0.15) is 23.4 Å². The Hall–Kier alpha value is -3.48. The Balaban J connectivity index is 1.44. The Bertz CT molecular complexity index is 1050. The molecule has 0 fully saturated rings. The SMILES string of the molecule is NC(=O)[C@@H]1Cc2ccccc2CN1C(=O)CCc1ncc(-c2ccc(F)cc2)o1. The topological polar surface area (TPSA) is 89.4 Å². The van der Waals surface area contributed by atoms with E-state index >= 15 is 0 Å². The smallest absolute Gasteiger partial charge is 0.240 e. The first-order chi connectivity index (χ1) is 14.0. The van der Waals surface area contributed by atoms with Crippen LogP contribution in [0.25, 0.3) is 11.3 Å². The van der Waals surface area contributed by atoms with Gasteiger partial charge in [0.2, 0.25) is 11.8 Å². The largest absolute Gasteiger partial charge is 0.441 e. The minimum absolute atomic E-state index is 0.148. The summed E-state index contributed by atoms with van der Waals surface area (Å²) in [6, 6.07) is 13.0. The molecular weight excluding hydrogens is 373 g/mol. The van der Waals surface area contributed by atoms with E-state index < -0.39 is 11.9 Å². The van der Waals surface area contributed by atoms with Crippen LogP contribution in [0.2, 0.25) is 0 Å². The van der Waals surface area contributed by atoms with Gasteiger partial charge in [-0.15, -0.1) is 0 Å². The molecule has 0 saturated heterocycles. The van der Waals surface area contributed by atoms with Gasteiger partial charge in [-0.25, -0.2) is 9.37 Å². The zero-order valence-corrected chi connectivity index (χ0v) is 15.7. The molecule has 6 nitrogen and oxygen atoms in total. The van der Waals surface area contributed by atoms with Gasteiger partial charge in [0.1, 0.15) is 11.9 Å². The molecule has 1 aromatic heterocycles. The molecule has 1 atom stereocenters. The molecule has 3 aromatic rings. The average Bonchev–Trinajstić information content (AvgIpc) is 3.20. The number of carbonyl (C=O) groups is 2. The van der Waals surface area contributed by atoms with E-state index in [1.807, 2.05) is 24.3 Å². The number of oxazole rings is 1. The Morgan fingerprint density at radius 3 is 2.59 bits per heavy atom. The van der Waals surface area contributed by atoms with Crippen LogP contribution in [-0.4, -0.2) is 27.7 Å². The summed E-state index contributed by atoms with van der Waals surface area (Å²) in [6.07, 6.45) is 2.42. The van der Waals surface area contributed by atoms with Crippen LogP contribution in [0, 0.1) is 5.82 Å². The highest BCUT2D eigenvalue weighted by Gasteiger charge is 2.33. The fourth-order valence-corrected chi connectivity index (χ4v) is 3.57. The van der Waals surface area contributed by atoms with Crippen molar-refractivity contribution >= 4 is 11.8 Å². The number of hydrogen-bond acceptors (Lipinski definition) is 4. The maximum atomic E-state index is 13.1. The fourth-order valence-electron chi connectivity index (χ4n) is 3.57. The lowest BCUT2D eigenvalue weighted by molar-refractivity contribution is -0.140. The maximum Gasteiger partial charge on any atom is 0.240 e. The molecule has 2 aromatic carbocycles. The van der Waals surface area contributed by atoms with Crippen LogP contribution in [0.15, 0.2) is 59.1 Å². The van der Waals surface area contributed by atoms with Crippen LogP contribution in [0.5, 0.6) is 0 Å². The zero-order chi connectivity index (χ0) is 20.4. The van der Waals surface area contributed by atoms with Gasteiger partial charge < -0.3 is 15.1 Å². The molecule has 2 heterocycles. The van der Waals surface area contributed by atoms with Gasteiger partial charge in [-0.05, 0) is 35.4 Å². The number of amides is 2. The van der Waals surface area contributed by atoms with Crippen molar-refractivity contribution in [2.24, 2.45) is 5.73 Å². The molecule has 0 spiro atoms. The Morgan fingerprint density at radius 2 is 1.86 bits per heavy atom. The van der Waals surface area contributed by atoms with Crippen molar-refractivity contribution in [3.63, 3.8) is 0 Å². The first-order valence-electron chi connectivity index (χ1n) is 9.37. The van der Waals surface area contributed by atoms with Gasteiger partial charge in [0.15, 0.2) is 11.7 Å². The standard InChI is InChI=1S/C22H20FN3O3/c23-17-7-5-14(6-8-17)19-12-25-20(29-19)9-10-21(27)26-13-16-4-2-1-3-15(16)11-18(26)22(24)28/h1-8,12,18H,9-11,13H2,(H2,24,28)/t18-/m0/s1. The summed E-state index contributed by atoms with van der Waals surface area (Å²) in [6.45, 7) is 0.356. The van der Waals surface area contributed by atoms with E-state index in [9.17, 15) is 14.0 Å². The third-order valence-corrected chi connectivity index (χ3v) is 5.13. The first-order valence-corrected chi connectivity index (χ1v) is 9.37. The van der Waals surface area contributed by atoms with Crippen LogP contribution in [0.4, 0.5) is 4.39 Å². The maximum absolute atomic E-state index is 13.1. The minimum Gasteiger partial charge on any atom is -0.441 e. The van der Waals surface area contributed by atoms with Crippen LogP contribution in [-0.2, 0) is 29.0 Å². The molecule has 2 N–H and O–H groups in total. The molecule has 0 aliphatic carbocycles. The molecule has 2 amide bonds. The number of aryl methyl sites for hydroxylation is 1. The van der Waals surface area contributed by atoms with Crippen LogP contribution < -0.4 is 5.73 Å². The summed E-state index contributed by atoms with van der Waals surface area (Å²) in [7, 11) is 0. The third-order valence-electron chi connectivity index (χ3n) is 5.13.